The highest BCUT2D eigenvalue weighted by molar-refractivity contribution is 5.80. The van der Waals surface area contributed by atoms with Crippen molar-refractivity contribution in [3.8, 4) is 11.5 Å². The van der Waals surface area contributed by atoms with Crippen LogP contribution in [-0.2, 0) is 11.2 Å². The van der Waals surface area contributed by atoms with E-state index in [1.54, 1.807) is 31.3 Å². The van der Waals surface area contributed by atoms with Crippen LogP contribution in [0.5, 0.6) is 11.5 Å². The van der Waals surface area contributed by atoms with Crippen molar-refractivity contribution in [3.63, 3.8) is 0 Å². The van der Waals surface area contributed by atoms with Crippen molar-refractivity contribution in [3.05, 3.63) is 36.4 Å². The average Bonchev–Trinajstić information content (AvgIpc) is 3.00. The van der Waals surface area contributed by atoms with Crippen molar-refractivity contribution in [2.75, 3.05) is 27.3 Å². The number of hydrogen-bond donors (Lipinski definition) is 0. The predicted octanol–water partition coefficient (Wildman–Crippen LogP) is 0.921. The minimum atomic E-state index is 0.0832. The lowest BCUT2D eigenvalue weighted by Gasteiger charge is -2.39. The lowest BCUT2D eigenvalue weighted by molar-refractivity contribution is -0.136. The molecule has 0 unspecified atom stereocenters. The van der Waals surface area contributed by atoms with Gasteiger partial charge in [0.2, 0.25) is 5.91 Å². The van der Waals surface area contributed by atoms with Crippen LogP contribution in [0.2, 0.25) is 0 Å². The summed E-state index contributed by atoms with van der Waals surface area (Å²) < 4.78 is 12.3. The second-order valence-corrected chi connectivity index (χ2v) is 5.18. The Hall–Kier alpha value is -2.57. The van der Waals surface area contributed by atoms with Gasteiger partial charge >= 0.3 is 0 Å². The number of ether oxygens (including phenoxy) is 2. The Balaban J connectivity index is 1.61. The van der Waals surface area contributed by atoms with E-state index < -0.39 is 0 Å². The van der Waals surface area contributed by atoms with Gasteiger partial charge in [-0.05, 0) is 6.07 Å². The molecule has 0 N–H and O–H groups in total. The third-order valence-electron chi connectivity index (χ3n) is 3.86. The maximum Gasteiger partial charge on any atom is 0.227 e. The first-order valence-corrected chi connectivity index (χ1v) is 7.04. The van der Waals surface area contributed by atoms with Gasteiger partial charge in [-0.15, -0.1) is 0 Å². The summed E-state index contributed by atoms with van der Waals surface area (Å²) in [5.41, 5.74) is 0.859. The first kappa shape index (κ1) is 14.4. The lowest BCUT2D eigenvalue weighted by Crippen LogP contribution is -2.51. The molecule has 1 amide bonds. The summed E-state index contributed by atoms with van der Waals surface area (Å²) in [6, 6.07) is 5.71. The van der Waals surface area contributed by atoms with E-state index in [9.17, 15) is 4.79 Å². The third-order valence-corrected chi connectivity index (χ3v) is 3.86. The van der Waals surface area contributed by atoms with Gasteiger partial charge in [0.25, 0.3) is 0 Å². The van der Waals surface area contributed by atoms with Crippen LogP contribution in [0.4, 0.5) is 0 Å². The van der Waals surface area contributed by atoms with Crippen molar-refractivity contribution < 1.29 is 14.3 Å². The second kappa shape index (κ2) is 6.05. The van der Waals surface area contributed by atoms with Gasteiger partial charge in [0, 0.05) is 24.7 Å². The van der Waals surface area contributed by atoms with Crippen LogP contribution in [0.15, 0.2) is 30.9 Å². The van der Waals surface area contributed by atoms with Crippen LogP contribution in [0, 0.1) is 0 Å². The molecule has 1 saturated heterocycles. The zero-order valence-electron chi connectivity index (χ0n) is 12.6. The molecule has 116 valence electrons. The molecule has 0 saturated carbocycles. The molecule has 0 atom stereocenters. The van der Waals surface area contributed by atoms with E-state index in [0.29, 0.717) is 31.0 Å². The van der Waals surface area contributed by atoms with Gasteiger partial charge in [0.1, 0.15) is 24.2 Å². The zero-order valence-corrected chi connectivity index (χ0v) is 12.6. The number of carbonyl (C=O) groups is 1. The van der Waals surface area contributed by atoms with E-state index in [-0.39, 0.29) is 11.9 Å². The summed E-state index contributed by atoms with van der Waals surface area (Å²) in [5.74, 6) is 1.46. The van der Waals surface area contributed by atoms with Gasteiger partial charge in [-0.3, -0.25) is 4.79 Å². The smallest absolute Gasteiger partial charge is 0.227 e. The SMILES string of the molecule is COc1ccc(CC(=O)N2CC(n3cncn3)C2)c(OC)c1. The molecular formula is C15H18N4O3. The summed E-state index contributed by atoms with van der Waals surface area (Å²) in [7, 11) is 3.19. The quantitative estimate of drug-likeness (QED) is 0.821. The second-order valence-electron chi connectivity index (χ2n) is 5.18. The number of amides is 1. The standard InChI is InChI=1S/C15H18N4O3/c1-21-13-4-3-11(14(6-13)22-2)5-15(20)18-7-12(8-18)19-10-16-9-17-19/h3-4,6,9-10,12H,5,7-8H2,1-2H3. The van der Waals surface area contributed by atoms with Crippen LogP contribution in [0.3, 0.4) is 0 Å². The average molecular weight is 302 g/mol. The van der Waals surface area contributed by atoms with Gasteiger partial charge < -0.3 is 14.4 Å². The fourth-order valence-corrected chi connectivity index (χ4v) is 2.50. The van der Waals surface area contributed by atoms with E-state index in [0.717, 1.165) is 5.56 Å². The molecule has 7 nitrogen and oxygen atoms in total. The fourth-order valence-electron chi connectivity index (χ4n) is 2.50. The van der Waals surface area contributed by atoms with Crippen LogP contribution < -0.4 is 9.47 Å². The number of carbonyl (C=O) groups excluding carboxylic acids is 1. The van der Waals surface area contributed by atoms with Crippen molar-refractivity contribution >= 4 is 5.91 Å². The number of rotatable bonds is 5. The molecule has 0 radical (unpaired) electrons. The van der Waals surface area contributed by atoms with E-state index in [1.807, 2.05) is 17.0 Å². The Morgan fingerprint density at radius 2 is 2.14 bits per heavy atom. The van der Waals surface area contributed by atoms with Crippen molar-refractivity contribution in [2.24, 2.45) is 0 Å². The third kappa shape index (κ3) is 2.74. The van der Waals surface area contributed by atoms with Crippen LogP contribution in [0.1, 0.15) is 11.6 Å². The Kier molecular flexibility index (Phi) is 3.95. The summed E-state index contributed by atoms with van der Waals surface area (Å²) >= 11 is 0. The molecule has 1 fully saturated rings. The molecule has 0 bridgehead atoms. The molecular weight excluding hydrogens is 284 g/mol. The topological polar surface area (TPSA) is 69.5 Å². The maximum atomic E-state index is 12.3. The van der Waals surface area contributed by atoms with Crippen LogP contribution in [0.25, 0.3) is 0 Å². The minimum absolute atomic E-state index is 0.0832. The number of likely N-dealkylation sites (tertiary alicyclic amines) is 1. The molecule has 1 aliphatic heterocycles. The maximum absolute atomic E-state index is 12.3. The van der Waals surface area contributed by atoms with Crippen molar-refractivity contribution in [1.82, 2.24) is 19.7 Å². The minimum Gasteiger partial charge on any atom is -0.497 e. The number of methoxy groups -OCH3 is 2. The Morgan fingerprint density at radius 3 is 2.77 bits per heavy atom. The molecule has 2 aromatic rings. The summed E-state index contributed by atoms with van der Waals surface area (Å²) in [5, 5.41) is 4.10. The summed E-state index contributed by atoms with van der Waals surface area (Å²) in [4.78, 5) is 18.1. The summed E-state index contributed by atoms with van der Waals surface area (Å²) in [6.07, 6.45) is 3.50. The molecule has 0 aliphatic carbocycles. The zero-order chi connectivity index (χ0) is 15.5. The Morgan fingerprint density at radius 1 is 1.32 bits per heavy atom. The highest BCUT2D eigenvalue weighted by Gasteiger charge is 2.32. The molecule has 0 spiro atoms. The van der Waals surface area contributed by atoms with Crippen LogP contribution in [-0.4, -0.2) is 52.9 Å². The summed E-state index contributed by atoms with van der Waals surface area (Å²) in [6.45, 7) is 1.33. The van der Waals surface area contributed by atoms with Gasteiger partial charge in [0.05, 0.1) is 26.7 Å². The fraction of sp³-hybridized carbons (Fsp3) is 0.400. The van der Waals surface area contributed by atoms with E-state index >= 15 is 0 Å². The molecule has 2 heterocycles. The number of hydrogen-bond acceptors (Lipinski definition) is 5. The number of nitrogens with zero attached hydrogens (tertiary/aromatic N) is 4. The van der Waals surface area contributed by atoms with Crippen molar-refractivity contribution in [2.45, 2.75) is 12.5 Å². The first-order chi connectivity index (χ1) is 10.7. The molecule has 22 heavy (non-hydrogen) atoms. The van der Waals surface area contributed by atoms with Gasteiger partial charge in [0.15, 0.2) is 0 Å². The Labute approximate surface area is 128 Å². The molecule has 7 heteroatoms. The van der Waals surface area contributed by atoms with Gasteiger partial charge in [-0.2, -0.15) is 5.10 Å². The monoisotopic (exact) mass is 302 g/mol. The Bertz CT molecular complexity index is 651. The first-order valence-electron chi connectivity index (χ1n) is 7.04. The molecule has 1 aliphatic rings. The van der Waals surface area contributed by atoms with Gasteiger partial charge in [-0.1, -0.05) is 6.07 Å². The predicted molar refractivity (Wildman–Crippen MR) is 78.9 cm³/mol. The number of aromatic nitrogens is 3. The highest BCUT2D eigenvalue weighted by Crippen LogP contribution is 2.27. The van der Waals surface area contributed by atoms with E-state index in [4.69, 9.17) is 9.47 Å². The number of benzene rings is 1. The molecule has 3 rings (SSSR count). The molecule has 1 aromatic heterocycles. The lowest BCUT2D eigenvalue weighted by atomic mass is 10.1. The molecule has 1 aromatic carbocycles. The van der Waals surface area contributed by atoms with E-state index in [1.165, 1.54) is 6.33 Å². The van der Waals surface area contributed by atoms with Crippen molar-refractivity contribution in [1.29, 1.82) is 0 Å². The van der Waals surface area contributed by atoms with Gasteiger partial charge in [-0.25, -0.2) is 9.67 Å². The largest absolute Gasteiger partial charge is 0.497 e. The van der Waals surface area contributed by atoms with Crippen LogP contribution >= 0.6 is 0 Å². The van der Waals surface area contributed by atoms with E-state index in [2.05, 4.69) is 10.1 Å². The highest BCUT2D eigenvalue weighted by atomic mass is 16.5. The normalized spacial score (nSPS) is 14.5.